The fourth-order valence-electron chi connectivity index (χ4n) is 4.54. The van der Waals surface area contributed by atoms with Gasteiger partial charge in [0, 0.05) is 44.3 Å². The number of pyridine rings is 1. The summed E-state index contributed by atoms with van der Waals surface area (Å²) in [7, 11) is 0. The highest BCUT2D eigenvalue weighted by Gasteiger charge is 2.23. The number of benzene rings is 2. The van der Waals surface area contributed by atoms with Crippen LogP contribution in [-0.2, 0) is 17.9 Å². The molecule has 2 aromatic carbocycles. The van der Waals surface area contributed by atoms with Gasteiger partial charge >= 0.3 is 0 Å². The van der Waals surface area contributed by atoms with Crippen molar-refractivity contribution in [3.63, 3.8) is 0 Å². The van der Waals surface area contributed by atoms with Gasteiger partial charge in [0.1, 0.15) is 18.2 Å². The highest BCUT2D eigenvalue weighted by molar-refractivity contribution is 5.95. The van der Waals surface area contributed by atoms with Crippen LogP contribution in [0.25, 0.3) is 22.2 Å². The molecule has 0 spiro atoms. The number of aromatic nitrogens is 3. The maximum Gasteiger partial charge on any atom is 0.244 e. The molecule has 1 fully saturated rings. The number of aryl methyl sites for hydroxylation is 1. The van der Waals surface area contributed by atoms with Crippen LogP contribution in [0.15, 0.2) is 60.8 Å². The van der Waals surface area contributed by atoms with Gasteiger partial charge in [-0.05, 0) is 53.9 Å². The van der Waals surface area contributed by atoms with Gasteiger partial charge in [0.05, 0.1) is 5.69 Å². The van der Waals surface area contributed by atoms with Crippen LogP contribution in [0, 0.1) is 18.6 Å². The molecule has 34 heavy (non-hydrogen) atoms. The molecule has 1 saturated heterocycles. The zero-order valence-electron chi connectivity index (χ0n) is 18.9. The topological polar surface area (TPSA) is 54.3 Å². The lowest BCUT2D eigenvalue weighted by atomic mass is 10.0. The summed E-state index contributed by atoms with van der Waals surface area (Å²) < 4.78 is 28.5. The second kappa shape index (κ2) is 9.30. The molecule has 174 valence electrons. The Morgan fingerprint density at radius 1 is 0.971 bits per heavy atom. The fraction of sp³-hybridized carbons (Fsp3) is 0.269. The van der Waals surface area contributed by atoms with Gasteiger partial charge < -0.3 is 4.90 Å². The molecule has 3 heterocycles. The van der Waals surface area contributed by atoms with Crippen LogP contribution in [0.3, 0.4) is 0 Å². The second-order valence-corrected chi connectivity index (χ2v) is 8.59. The summed E-state index contributed by atoms with van der Waals surface area (Å²) in [5.41, 5.74) is 4.12. The van der Waals surface area contributed by atoms with E-state index in [1.165, 1.54) is 18.2 Å². The average Bonchev–Trinajstić information content (AvgIpc) is 3.15. The maximum atomic E-state index is 13.4. The van der Waals surface area contributed by atoms with Crippen molar-refractivity contribution >= 4 is 16.9 Å². The van der Waals surface area contributed by atoms with Crippen LogP contribution in [0.2, 0.25) is 0 Å². The number of amides is 1. The Labute approximate surface area is 196 Å². The van der Waals surface area contributed by atoms with E-state index in [9.17, 15) is 13.6 Å². The zero-order chi connectivity index (χ0) is 23.7. The number of fused-ring (bicyclic) bond motifs is 1. The molecule has 1 aliphatic heterocycles. The molecule has 5 rings (SSSR count). The number of hydrogen-bond acceptors (Lipinski definition) is 4. The van der Waals surface area contributed by atoms with Crippen molar-refractivity contribution in [2.24, 2.45) is 0 Å². The lowest BCUT2D eigenvalue weighted by Gasteiger charge is -2.34. The van der Waals surface area contributed by atoms with Crippen molar-refractivity contribution in [1.82, 2.24) is 24.6 Å². The molecule has 2 aromatic heterocycles. The molecular weight excluding hydrogens is 436 g/mol. The van der Waals surface area contributed by atoms with E-state index in [2.05, 4.69) is 15.0 Å². The Bertz CT molecular complexity index is 1330. The summed E-state index contributed by atoms with van der Waals surface area (Å²) in [6.45, 7) is 5.35. The summed E-state index contributed by atoms with van der Waals surface area (Å²) in [6, 6.07) is 14.8. The third-order valence-corrected chi connectivity index (χ3v) is 6.27. The molecule has 0 aliphatic carbocycles. The fourth-order valence-corrected chi connectivity index (χ4v) is 4.54. The van der Waals surface area contributed by atoms with Crippen molar-refractivity contribution < 1.29 is 13.6 Å². The number of rotatable bonds is 5. The lowest BCUT2D eigenvalue weighted by molar-refractivity contribution is -0.133. The Morgan fingerprint density at radius 3 is 2.47 bits per heavy atom. The SMILES string of the molecule is Cc1nn(CC(=O)N2CCN(Cc3cccc(F)c3)CC2)c2nccc(-c3ccc(F)cc3)c12. The smallest absolute Gasteiger partial charge is 0.244 e. The minimum absolute atomic E-state index is 0.0104. The molecule has 0 bridgehead atoms. The molecule has 8 heteroatoms. The molecule has 0 atom stereocenters. The van der Waals surface area contributed by atoms with E-state index in [1.54, 1.807) is 35.1 Å². The Balaban J connectivity index is 1.28. The third-order valence-electron chi connectivity index (χ3n) is 6.27. The van der Waals surface area contributed by atoms with E-state index in [-0.39, 0.29) is 24.1 Å². The monoisotopic (exact) mass is 461 g/mol. The molecule has 0 unspecified atom stereocenters. The van der Waals surface area contributed by atoms with Crippen LogP contribution in [-0.4, -0.2) is 56.7 Å². The van der Waals surface area contributed by atoms with Gasteiger partial charge in [-0.2, -0.15) is 5.10 Å². The largest absolute Gasteiger partial charge is 0.339 e. The summed E-state index contributed by atoms with van der Waals surface area (Å²) in [5.74, 6) is -0.531. The van der Waals surface area contributed by atoms with Crippen molar-refractivity contribution in [3.05, 3.63) is 83.7 Å². The van der Waals surface area contributed by atoms with Crippen LogP contribution in [0.1, 0.15) is 11.3 Å². The molecule has 1 aliphatic rings. The van der Waals surface area contributed by atoms with Gasteiger partial charge in [0.15, 0.2) is 5.65 Å². The Kier molecular flexibility index (Phi) is 6.06. The van der Waals surface area contributed by atoms with Gasteiger partial charge in [0.2, 0.25) is 5.91 Å². The number of carbonyl (C=O) groups excluding carboxylic acids is 1. The van der Waals surface area contributed by atoms with Crippen molar-refractivity contribution in [2.45, 2.75) is 20.0 Å². The van der Waals surface area contributed by atoms with E-state index in [4.69, 9.17) is 0 Å². The molecule has 0 saturated carbocycles. The van der Waals surface area contributed by atoms with E-state index in [0.717, 1.165) is 40.9 Å². The normalized spacial score (nSPS) is 14.6. The predicted molar refractivity (Wildman–Crippen MR) is 126 cm³/mol. The molecule has 0 N–H and O–H groups in total. The van der Waals surface area contributed by atoms with Crippen molar-refractivity contribution in [1.29, 1.82) is 0 Å². The first kappa shape index (κ1) is 22.2. The summed E-state index contributed by atoms with van der Waals surface area (Å²) >= 11 is 0. The molecule has 1 amide bonds. The zero-order valence-corrected chi connectivity index (χ0v) is 18.9. The molecular formula is C26H25F2N5O. The molecule has 4 aromatic rings. The highest BCUT2D eigenvalue weighted by Crippen LogP contribution is 2.30. The predicted octanol–water partition coefficient (Wildman–Crippen LogP) is 4.03. The quantitative estimate of drug-likeness (QED) is 0.450. The third kappa shape index (κ3) is 4.54. The number of piperazine rings is 1. The average molecular weight is 462 g/mol. The first-order chi connectivity index (χ1) is 16.5. The van der Waals surface area contributed by atoms with Crippen molar-refractivity contribution in [3.8, 4) is 11.1 Å². The second-order valence-electron chi connectivity index (χ2n) is 8.59. The molecule has 6 nitrogen and oxygen atoms in total. The van der Waals surface area contributed by atoms with Crippen LogP contribution < -0.4 is 0 Å². The van der Waals surface area contributed by atoms with Crippen LogP contribution >= 0.6 is 0 Å². The number of nitrogens with zero attached hydrogens (tertiary/aromatic N) is 5. The molecule has 0 radical (unpaired) electrons. The summed E-state index contributed by atoms with van der Waals surface area (Å²) in [6.07, 6.45) is 1.69. The maximum absolute atomic E-state index is 13.4. The number of hydrogen-bond donors (Lipinski definition) is 0. The van der Waals surface area contributed by atoms with Gasteiger partial charge in [-0.1, -0.05) is 24.3 Å². The van der Waals surface area contributed by atoms with E-state index < -0.39 is 0 Å². The Hall–Kier alpha value is -3.65. The van der Waals surface area contributed by atoms with Gasteiger partial charge in [-0.25, -0.2) is 18.4 Å². The summed E-state index contributed by atoms with van der Waals surface area (Å²) in [4.78, 5) is 21.6. The standard InChI is InChI=1S/C26H25F2N5O/c1-18-25-23(20-5-7-21(27)8-6-20)9-10-29-26(25)33(30-18)17-24(34)32-13-11-31(12-14-32)16-19-3-2-4-22(28)15-19/h2-10,15H,11-14,16-17H2,1H3. The van der Waals surface area contributed by atoms with Crippen LogP contribution in [0.4, 0.5) is 8.78 Å². The summed E-state index contributed by atoms with van der Waals surface area (Å²) in [5, 5.41) is 5.46. The highest BCUT2D eigenvalue weighted by atomic mass is 19.1. The van der Waals surface area contributed by atoms with Crippen molar-refractivity contribution in [2.75, 3.05) is 26.2 Å². The van der Waals surface area contributed by atoms with Gasteiger partial charge in [-0.3, -0.25) is 9.69 Å². The number of halogens is 2. The minimum atomic E-state index is -0.289. The van der Waals surface area contributed by atoms with E-state index >= 15 is 0 Å². The van der Waals surface area contributed by atoms with E-state index in [1.807, 2.05) is 24.0 Å². The first-order valence-electron chi connectivity index (χ1n) is 11.3. The number of carbonyl (C=O) groups is 1. The lowest BCUT2D eigenvalue weighted by Crippen LogP contribution is -2.49. The first-order valence-corrected chi connectivity index (χ1v) is 11.3. The van der Waals surface area contributed by atoms with Gasteiger partial charge in [-0.15, -0.1) is 0 Å². The van der Waals surface area contributed by atoms with E-state index in [0.29, 0.717) is 25.3 Å². The minimum Gasteiger partial charge on any atom is -0.339 e. The Morgan fingerprint density at radius 2 is 1.74 bits per heavy atom. The van der Waals surface area contributed by atoms with Gasteiger partial charge in [0.25, 0.3) is 0 Å². The van der Waals surface area contributed by atoms with Crippen LogP contribution in [0.5, 0.6) is 0 Å².